The topological polar surface area (TPSA) is 12.0 Å². The van der Waals surface area contributed by atoms with E-state index in [2.05, 4.69) is 60.0 Å². The number of nitrogens with one attached hydrogen (secondary N) is 1. The zero-order valence-corrected chi connectivity index (χ0v) is 13.2. The molecular weight excluding hydrogens is 352 g/mol. The summed E-state index contributed by atoms with van der Waals surface area (Å²) in [6.45, 7) is 4.19. The van der Waals surface area contributed by atoms with Crippen LogP contribution in [-0.4, -0.2) is 0 Å². The Bertz CT molecular complexity index is 568. The standard InChI is InChI=1S/C16H17FIN/c1-3-16(12-5-4-6-13(17)9-12)19-14-8-7-11(2)15(18)10-14/h4-10,16,19H,3H2,1-2H3. The Morgan fingerprint density at radius 2 is 2.00 bits per heavy atom. The van der Waals surface area contributed by atoms with Crippen LogP contribution < -0.4 is 5.32 Å². The van der Waals surface area contributed by atoms with Crippen molar-refractivity contribution >= 4 is 28.3 Å². The zero-order valence-electron chi connectivity index (χ0n) is 11.1. The number of rotatable bonds is 4. The first-order valence-electron chi connectivity index (χ1n) is 6.38. The van der Waals surface area contributed by atoms with Gasteiger partial charge in [-0.05, 0) is 71.3 Å². The third-order valence-corrected chi connectivity index (χ3v) is 4.33. The molecule has 0 saturated carbocycles. The van der Waals surface area contributed by atoms with E-state index in [1.807, 2.05) is 6.07 Å². The Balaban J connectivity index is 2.21. The van der Waals surface area contributed by atoms with Crippen molar-refractivity contribution in [2.24, 2.45) is 0 Å². The maximum atomic E-state index is 13.3. The van der Waals surface area contributed by atoms with Crippen LogP contribution in [0.2, 0.25) is 0 Å². The average molecular weight is 369 g/mol. The molecular formula is C16H17FIN. The third kappa shape index (κ3) is 3.69. The molecule has 0 radical (unpaired) electrons. The van der Waals surface area contributed by atoms with Crippen LogP contribution >= 0.6 is 22.6 Å². The Labute approximate surface area is 127 Å². The molecule has 0 bridgehead atoms. The summed E-state index contributed by atoms with van der Waals surface area (Å²) in [4.78, 5) is 0. The zero-order chi connectivity index (χ0) is 13.8. The molecule has 1 unspecified atom stereocenters. The van der Waals surface area contributed by atoms with Gasteiger partial charge in [0.05, 0.1) is 6.04 Å². The minimum absolute atomic E-state index is 0.134. The van der Waals surface area contributed by atoms with Crippen LogP contribution in [0.4, 0.5) is 10.1 Å². The fraction of sp³-hybridized carbons (Fsp3) is 0.250. The van der Waals surface area contributed by atoms with Crippen molar-refractivity contribution in [1.82, 2.24) is 0 Å². The maximum Gasteiger partial charge on any atom is 0.123 e. The summed E-state index contributed by atoms with van der Waals surface area (Å²) >= 11 is 2.33. The monoisotopic (exact) mass is 369 g/mol. The fourth-order valence-corrected chi connectivity index (χ4v) is 2.54. The van der Waals surface area contributed by atoms with Crippen molar-refractivity contribution in [3.05, 3.63) is 63.0 Å². The summed E-state index contributed by atoms with van der Waals surface area (Å²) < 4.78 is 14.5. The number of benzene rings is 2. The first-order chi connectivity index (χ1) is 9.10. The molecule has 19 heavy (non-hydrogen) atoms. The lowest BCUT2D eigenvalue weighted by Crippen LogP contribution is -2.10. The van der Waals surface area contributed by atoms with Gasteiger partial charge in [-0.1, -0.05) is 25.1 Å². The van der Waals surface area contributed by atoms with Crippen LogP contribution in [0.5, 0.6) is 0 Å². The van der Waals surface area contributed by atoms with Crippen molar-refractivity contribution in [2.45, 2.75) is 26.3 Å². The first-order valence-corrected chi connectivity index (χ1v) is 7.46. The Morgan fingerprint density at radius 3 is 2.63 bits per heavy atom. The van der Waals surface area contributed by atoms with Crippen molar-refractivity contribution < 1.29 is 4.39 Å². The molecule has 0 saturated heterocycles. The third-order valence-electron chi connectivity index (χ3n) is 3.17. The van der Waals surface area contributed by atoms with Crippen molar-refractivity contribution in [2.75, 3.05) is 5.32 Å². The summed E-state index contributed by atoms with van der Waals surface area (Å²) in [5.41, 5.74) is 3.33. The first kappa shape index (κ1) is 14.3. The van der Waals surface area contributed by atoms with Crippen molar-refractivity contribution in [3.8, 4) is 0 Å². The molecule has 2 rings (SSSR count). The molecule has 100 valence electrons. The molecule has 0 amide bonds. The molecule has 1 N–H and O–H groups in total. The van der Waals surface area contributed by atoms with Gasteiger partial charge in [-0.2, -0.15) is 0 Å². The highest BCUT2D eigenvalue weighted by atomic mass is 127. The van der Waals surface area contributed by atoms with Gasteiger partial charge in [0, 0.05) is 9.26 Å². The smallest absolute Gasteiger partial charge is 0.123 e. The van der Waals surface area contributed by atoms with E-state index in [0.29, 0.717) is 0 Å². The van der Waals surface area contributed by atoms with Gasteiger partial charge in [0.15, 0.2) is 0 Å². The van der Waals surface area contributed by atoms with Crippen LogP contribution in [0, 0.1) is 16.3 Å². The highest BCUT2D eigenvalue weighted by Crippen LogP contribution is 2.25. The summed E-state index contributed by atoms with van der Waals surface area (Å²) in [5.74, 6) is -0.184. The molecule has 0 aromatic heterocycles. The van der Waals surface area contributed by atoms with E-state index >= 15 is 0 Å². The van der Waals surface area contributed by atoms with Crippen LogP contribution in [0.15, 0.2) is 42.5 Å². The molecule has 1 atom stereocenters. The van der Waals surface area contributed by atoms with E-state index < -0.39 is 0 Å². The van der Waals surface area contributed by atoms with E-state index in [-0.39, 0.29) is 11.9 Å². The SMILES string of the molecule is CCC(Nc1ccc(C)c(I)c1)c1cccc(F)c1. The predicted octanol–water partition coefficient (Wildman–Crippen LogP) is 5.30. The quantitative estimate of drug-likeness (QED) is 0.721. The lowest BCUT2D eigenvalue weighted by molar-refractivity contribution is 0.621. The second-order valence-electron chi connectivity index (χ2n) is 4.62. The highest BCUT2D eigenvalue weighted by molar-refractivity contribution is 14.1. The molecule has 0 spiro atoms. The summed E-state index contributed by atoms with van der Waals surface area (Å²) in [6, 6.07) is 13.2. The van der Waals surface area contributed by atoms with Gasteiger partial charge in [-0.25, -0.2) is 4.39 Å². The molecule has 3 heteroatoms. The Morgan fingerprint density at radius 1 is 1.21 bits per heavy atom. The molecule has 0 aliphatic heterocycles. The van der Waals surface area contributed by atoms with Crippen molar-refractivity contribution in [1.29, 1.82) is 0 Å². The number of aryl methyl sites for hydroxylation is 1. The largest absolute Gasteiger partial charge is 0.378 e. The van der Waals surface area contributed by atoms with E-state index in [1.54, 1.807) is 12.1 Å². The predicted molar refractivity (Wildman–Crippen MR) is 87.0 cm³/mol. The van der Waals surface area contributed by atoms with Gasteiger partial charge >= 0.3 is 0 Å². The van der Waals surface area contributed by atoms with E-state index in [0.717, 1.165) is 17.7 Å². The molecule has 0 fully saturated rings. The molecule has 1 nitrogen and oxygen atoms in total. The summed E-state index contributed by atoms with van der Waals surface area (Å²) in [5, 5.41) is 3.47. The van der Waals surface area contributed by atoms with Gasteiger partial charge in [0.25, 0.3) is 0 Å². The van der Waals surface area contributed by atoms with Crippen LogP contribution in [0.3, 0.4) is 0 Å². The van der Waals surface area contributed by atoms with Gasteiger partial charge in [0.2, 0.25) is 0 Å². The number of halogens is 2. The van der Waals surface area contributed by atoms with Gasteiger partial charge < -0.3 is 5.32 Å². The normalized spacial score (nSPS) is 12.2. The number of hydrogen-bond acceptors (Lipinski definition) is 1. The fourth-order valence-electron chi connectivity index (χ4n) is 2.03. The minimum atomic E-state index is -0.184. The summed E-state index contributed by atoms with van der Waals surface area (Å²) in [6.07, 6.45) is 0.911. The molecule has 0 heterocycles. The Hall–Kier alpha value is -1.10. The Kier molecular flexibility index (Phi) is 4.80. The lowest BCUT2D eigenvalue weighted by atomic mass is 10.0. The van der Waals surface area contributed by atoms with Crippen LogP contribution in [0.1, 0.15) is 30.5 Å². The second-order valence-corrected chi connectivity index (χ2v) is 5.79. The van der Waals surface area contributed by atoms with Gasteiger partial charge in [-0.3, -0.25) is 0 Å². The molecule has 2 aromatic rings. The molecule has 2 aromatic carbocycles. The number of hydrogen-bond donors (Lipinski definition) is 1. The highest BCUT2D eigenvalue weighted by Gasteiger charge is 2.10. The van der Waals surface area contributed by atoms with E-state index in [1.165, 1.54) is 15.2 Å². The summed E-state index contributed by atoms with van der Waals surface area (Å²) in [7, 11) is 0. The minimum Gasteiger partial charge on any atom is -0.378 e. The van der Waals surface area contributed by atoms with Crippen LogP contribution in [-0.2, 0) is 0 Å². The molecule has 0 aliphatic rings. The van der Waals surface area contributed by atoms with Crippen LogP contribution in [0.25, 0.3) is 0 Å². The lowest BCUT2D eigenvalue weighted by Gasteiger charge is -2.19. The van der Waals surface area contributed by atoms with Gasteiger partial charge in [0.1, 0.15) is 5.82 Å². The average Bonchev–Trinajstić information content (AvgIpc) is 2.40. The second kappa shape index (κ2) is 6.37. The molecule has 0 aliphatic carbocycles. The van der Waals surface area contributed by atoms with E-state index in [9.17, 15) is 4.39 Å². The van der Waals surface area contributed by atoms with E-state index in [4.69, 9.17) is 0 Å². The number of anilines is 1. The maximum absolute atomic E-state index is 13.3. The van der Waals surface area contributed by atoms with Crippen molar-refractivity contribution in [3.63, 3.8) is 0 Å². The van der Waals surface area contributed by atoms with Gasteiger partial charge in [-0.15, -0.1) is 0 Å².